The number of rotatable bonds is 3. The van der Waals surface area contributed by atoms with Crippen LogP contribution >= 0.6 is 0 Å². The molecule has 1 saturated heterocycles. The van der Waals surface area contributed by atoms with Crippen molar-refractivity contribution in [1.29, 1.82) is 0 Å². The van der Waals surface area contributed by atoms with Crippen LogP contribution in [0.25, 0.3) is 0 Å². The van der Waals surface area contributed by atoms with Crippen LogP contribution in [0.2, 0.25) is 0 Å². The predicted molar refractivity (Wildman–Crippen MR) is 83.0 cm³/mol. The minimum Gasteiger partial charge on any atom is -0.375 e. The number of hydrogen-bond acceptors (Lipinski definition) is 5. The lowest BCUT2D eigenvalue weighted by atomic mass is 9.78. The maximum atomic E-state index is 11.3. The normalized spacial score (nSPS) is 24.4. The summed E-state index contributed by atoms with van der Waals surface area (Å²) < 4.78 is 7.67. The number of anilines is 1. The van der Waals surface area contributed by atoms with Crippen LogP contribution in [0, 0.1) is 17.0 Å². The lowest BCUT2D eigenvalue weighted by Crippen LogP contribution is -2.45. The molecule has 1 saturated carbocycles. The van der Waals surface area contributed by atoms with Gasteiger partial charge >= 0.3 is 5.69 Å². The first-order valence-corrected chi connectivity index (χ1v) is 8.09. The van der Waals surface area contributed by atoms with Gasteiger partial charge in [-0.1, -0.05) is 19.3 Å². The van der Waals surface area contributed by atoms with E-state index in [1.807, 2.05) is 0 Å². The minimum atomic E-state index is -0.347. The van der Waals surface area contributed by atoms with Gasteiger partial charge in [-0.15, -0.1) is 0 Å². The fraction of sp³-hybridized carbons (Fsp3) is 0.800. The van der Waals surface area contributed by atoms with Gasteiger partial charge in [0.25, 0.3) is 0 Å². The predicted octanol–water partition coefficient (Wildman–Crippen LogP) is 2.93. The molecule has 1 spiro atoms. The maximum Gasteiger partial charge on any atom is 0.333 e. The van der Waals surface area contributed by atoms with Gasteiger partial charge in [0, 0.05) is 19.7 Å². The fourth-order valence-corrected chi connectivity index (χ4v) is 3.92. The van der Waals surface area contributed by atoms with Gasteiger partial charge in [0.2, 0.25) is 5.82 Å². The minimum absolute atomic E-state index is 0.0173. The summed E-state index contributed by atoms with van der Waals surface area (Å²) in [6.45, 7) is 2.40. The van der Waals surface area contributed by atoms with Crippen molar-refractivity contribution in [1.82, 2.24) is 9.78 Å². The van der Waals surface area contributed by atoms with Gasteiger partial charge in [-0.2, -0.15) is 5.10 Å². The summed E-state index contributed by atoms with van der Waals surface area (Å²) in [5.41, 5.74) is 0.525. The van der Waals surface area contributed by atoms with E-state index < -0.39 is 0 Å². The van der Waals surface area contributed by atoms with E-state index in [4.69, 9.17) is 4.74 Å². The highest BCUT2D eigenvalue weighted by atomic mass is 16.6. The first-order valence-electron chi connectivity index (χ1n) is 8.09. The van der Waals surface area contributed by atoms with Crippen LogP contribution in [-0.4, -0.2) is 33.0 Å². The summed E-state index contributed by atoms with van der Waals surface area (Å²) >= 11 is 0. The van der Waals surface area contributed by atoms with Crippen molar-refractivity contribution in [2.24, 2.45) is 7.05 Å². The molecule has 3 rings (SSSR count). The van der Waals surface area contributed by atoms with Gasteiger partial charge in [-0.25, -0.2) is 4.68 Å². The van der Waals surface area contributed by atoms with Crippen molar-refractivity contribution in [3.63, 3.8) is 0 Å². The molecule has 1 aliphatic carbocycles. The Balaban J connectivity index is 1.77. The molecular formula is C15H24N4O3. The van der Waals surface area contributed by atoms with E-state index in [0.29, 0.717) is 11.5 Å². The third-order valence-electron chi connectivity index (χ3n) is 4.97. The second kappa shape index (κ2) is 5.87. The Labute approximate surface area is 130 Å². The van der Waals surface area contributed by atoms with Gasteiger partial charge in [0.1, 0.15) is 5.69 Å². The van der Waals surface area contributed by atoms with Crippen molar-refractivity contribution in [3.05, 3.63) is 15.8 Å². The van der Waals surface area contributed by atoms with Crippen LogP contribution in [0.1, 0.15) is 50.6 Å². The maximum absolute atomic E-state index is 11.3. The molecule has 1 unspecified atom stereocenters. The highest BCUT2D eigenvalue weighted by Crippen LogP contribution is 2.40. The Morgan fingerprint density at radius 2 is 2.14 bits per heavy atom. The molecule has 122 valence electrons. The highest BCUT2D eigenvalue weighted by Gasteiger charge is 2.39. The zero-order valence-corrected chi connectivity index (χ0v) is 13.3. The molecule has 1 N–H and O–H groups in total. The Morgan fingerprint density at radius 3 is 2.82 bits per heavy atom. The number of hydrogen-bond donors (Lipinski definition) is 1. The van der Waals surface area contributed by atoms with Gasteiger partial charge in [-0.3, -0.25) is 10.1 Å². The molecule has 1 aliphatic heterocycles. The zero-order valence-electron chi connectivity index (χ0n) is 13.3. The molecule has 1 aromatic heterocycles. The number of aromatic nitrogens is 2. The van der Waals surface area contributed by atoms with Crippen molar-refractivity contribution < 1.29 is 9.66 Å². The van der Waals surface area contributed by atoms with Crippen molar-refractivity contribution >= 4 is 11.5 Å². The van der Waals surface area contributed by atoms with E-state index in [0.717, 1.165) is 32.3 Å². The second-order valence-electron chi connectivity index (χ2n) is 6.59. The standard InChI is InChI=1S/C15H24N4O3/c1-11-13(19(20)21)14(18(2)17-11)16-12-6-9-22-15(10-12)7-4-3-5-8-15/h12,16H,3-10H2,1-2H3. The number of nitro groups is 1. The molecule has 7 heteroatoms. The Kier molecular flexibility index (Phi) is 4.08. The highest BCUT2D eigenvalue weighted by molar-refractivity contribution is 5.59. The quantitative estimate of drug-likeness (QED) is 0.685. The van der Waals surface area contributed by atoms with Gasteiger partial charge in [0.05, 0.1) is 10.5 Å². The Hall–Kier alpha value is -1.63. The molecule has 0 amide bonds. The summed E-state index contributed by atoms with van der Waals surface area (Å²) in [5, 5.41) is 18.8. The smallest absolute Gasteiger partial charge is 0.333 e. The van der Waals surface area contributed by atoms with E-state index in [1.165, 1.54) is 19.3 Å². The molecule has 0 aromatic carbocycles. The number of nitrogens with zero attached hydrogens (tertiary/aromatic N) is 3. The summed E-state index contributed by atoms with van der Waals surface area (Å²) in [4.78, 5) is 10.9. The molecule has 2 fully saturated rings. The van der Waals surface area contributed by atoms with Crippen molar-refractivity contribution in [2.45, 2.75) is 63.5 Å². The van der Waals surface area contributed by atoms with Gasteiger partial charge in [0.15, 0.2) is 0 Å². The summed E-state index contributed by atoms with van der Waals surface area (Å²) in [5.74, 6) is 0.514. The van der Waals surface area contributed by atoms with Crippen LogP contribution in [0.15, 0.2) is 0 Å². The van der Waals surface area contributed by atoms with E-state index in [9.17, 15) is 10.1 Å². The third-order valence-corrected chi connectivity index (χ3v) is 4.97. The first-order chi connectivity index (χ1) is 10.5. The molecule has 0 bridgehead atoms. The molecule has 2 aliphatic rings. The van der Waals surface area contributed by atoms with Crippen LogP contribution in [0.5, 0.6) is 0 Å². The molecule has 2 heterocycles. The van der Waals surface area contributed by atoms with Crippen LogP contribution in [0.4, 0.5) is 11.5 Å². The van der Waals surface area contributed by atoms with Crippen LogP contribution < -0.4 is 5.32 Å². The molecule has 22 heavy (non-hydrogen) atoms. The summed E-state index contributed by atoms with van der Waals surface area (Å²) in [6, 6.07) is 0.209. The lowest BCUT2D eigenvalue weighted by molar-refractivity contribution is -0.384. The van der Waals surface area contributed by atoms with E-state index >= 15 is 0 Å². The molecule has 1 aromatic rings. The number of aryl methyl sites for hydroxylation is 2. The zero-order chi connectivity index (χ0) is 15.7. The average Bonchev–Trinajstić information content (AvgIpc) is 2.74. The average molecular weight is 308 g/mol. The molecule has 0 radical (unpaired) electrons. The van der Waals surface area contributed by atoms with E-state index in [1.54, 1.807) is 18.7 Å². The topological polar surface area (TPSA) is 82.2 Å². The summed E-state index contributed by atoms with van der Waals surface area (Å²) in [7, 11) is 1.75. The van der Waals surface area contributed by atoms with Crippen molar-refractivity contribution in [2.75, 3.05) is 11.9 Å². The SMILES string of the molecule is Cc1nn(C)c(NC2CCOC3(CCCCC3)C2)c1[N+](=O)[O-]. The second-order valence-corrected chi connectivity index (χ2v) is 6.59. The monoisotopic (exact) mass is 308 g/mol. The van der Waals surface area contributed by atoms with Gasteiger partial charge in [-0.05, 0) is 32.6 Å². The molecular weight excluding hydrogens is 284 g/mol. The Bertz CT molecular complexity index is 558. The number of ether oxygens (including phenoxy) is 1. The first kappa shape index (κ1) is 15.3. The number of nitrogens with one attached hydrogen (secondary N) is 1. The summed E-state index contributed by atoms with van der Waals surface area (Å²) in [6.07, 6.45) is 7.75. The largest absolute Gasteiger partial charge is 0.375 e. The van der Waals surface area contributed by atoms with Crippen LogP contribution in [0.3, 0.4) is 0 Å². The van der Waals surface area contributed by atoms with E-state index in [2.05, 4.69) is 10.4 Å². The van der Waals surface area contributed by atoms with E-state index in [-0.39, 0.29) is 22.3 Å². The fourth-order valence-electron chi connectivity index (χ4n) is 3.92. The molecule has 7 nitrogen and oxygen atoms in total. The van der Waals surface area contributed by atoms with Crippen LogP contribution in [-0.2, 0) is 11.8 Å². The van der Waals surface area contributed by atoms with Crippen molar-refractivity contribution in [3.8, 4) is 0 Å². The lowest BCUT2D eigenvalue weighted by Gasteiger charge is -2.43. The third kappa shape index (κ3) is 2.82. The molecule has 1 atom stereocenters. The Morgan fingerprint density at radius 1 is 1.41 bits per heavy atom. The van der Waals surface area contributed by atoms with Gasteiger partial charge < -0.3 is 10.1 Å².